The Morgan fingerprint density at radius 1 is 0.735 bits per heavy atom. The van der Waals surface area contributed by atoms with Crippen LogP contribution in [-0.4, -0.2) is 62.2 Å². The topological polar surface area (TPSA) is 145 Å². The van der Waals surface area contributed by atoms with Crippen molar-refractivity contribution in [3.8, 4) is 11.5 Å². The number of carboxylic acid groups (broad SMARTS) is 2. The summed E-state index contributed by atoms with van der Waals surface area (Å²) in [5.41, 5.74) is 5.85. The number of aliphatic hydroxyl groups excluding tert-OH is 2. The van der Waals surface area contributed by atoms with E-state index in [1.165, 1.54) is 47.9 Å². The number of fused-ring (bicyclic) bond motifs is 10. The molecular formula is C40H53ClO8. The molecule has 0 aliphatic heterocycles. The van der Waals surface area contributed by atoms with Crippen molar-refractivity contribution in [2.45, 2.75) is 115 Å². The number of rotatable bonds is 4. The third-order valence-corrected chi connectivity index (χ3v) is 14.0. The van der Waals surface area contributed by atoms with Crippen LogP contribution in [0.4, 0.5) is 0 Å². The summed E-state index contributed by atoms with van der Waals surface area (Å²) in [7, 11) is 0. The lowest BCUT2D eigenvalue weighted by Crippen LogP contribution is -2.43. The van der Waals surface area contributed by atoms with E-state index < -0.39 is 11.9 Å². The summed E-state index contributed by atoms with van der Waals surface area (Å²) >= 11 is 4.74. The zero-order valence-electron chi connectivity index (χ0n) is 28.8. The zero-order chi connectivity index (χ0) is 35.1. The number of phenols is 1. The molecule has 6 aliphatic carbocycles. The Balaban J connectivity index is 0.000000152. The smallest absolute Gasteiger partial charge is 0.341 e. The number of aliphatic hydroxyl groups is 2. The molecule has 0 amide bonds. The van der Waals surface area contributed by atoms with E-state index in [2.05, 4.69) is 26.0 Å². The number of ether oxygens (including phenoxy) is 1. The van der Waals surface area contributed by atoms with Gasteiger partial charge in [-0.15, -0.1) is 11.6 Å². The Labute approximate surface area is 294 Å². The molecule has 6 unspecified atom stereocenters. The summed E-state index contributed by atoms with van der Waals surface area (Å²) in [6.07, 6.45) is 13.2. The van der Waals surface area contributed by atoms with Gasteiger partial charge in [0, 0.05) is 0 Å². The molecule has 268 valence electrons. The van der Waals surface area contributed by atoms with Gasteiger partial charge in [-0.1, -0.05) is 26.0 Å². The maximum Gasteiger partial charge on any atom is 0.341 e. The molecule has 6 aliphatic rings. The average Bonchev–Trinajstić information content (AvgIpc) is 3.57. The second-order valence-corrected chi connectivity index (χ2v) is 16.3. The van der Waals surface area contributed by atoms with Crippen LogP contribution in [0.2, 0.25) is 0 Å². The van der Waals surface area contributed by atoms with Gasteiger partial charge in [0.25, 0.3) is 0 Å². The normalized spacial score (nSPS) is 36.4. The number of benzene rings is 2. The van der Waals surface area contributed by atoms with Crippen molar-refractivity contribution in [1.82, 2.24) is 0 Å². The van der Waals surface area contributed by atoms with E-state index in [1.807, 2.05) is 24.3 Å². The summed E-state index contributed by atoms with van der Waals surface area (Å²) < 4.78 is 5.34. The lowest BCUT2D eigenvalue weighted by atomic mass is 9.55. The molecule has 5 N–H and O–H groups in total. The van der Waals surface area contributed by atoms with E-state index in [9.17, 15) is 24.9 Å². The van der Waals surface area contributed by atoms with Crippen molar-refractivity contribution >= 4 is 23.5 Å². The highest BCUT2D eigenvalue weighted by Gasteiger charge is 2.55. The Hall–Kier alpha value is -2.81. The molecular weight excluding hydrogens is 644 g/mol. The molecule has 2 aromatic rings. The maximum atomic E-state index is 10.7. The quantitative estimate of drug-likeness (QED) is 0.210. The van der Waals surface area contributed by atoms with Crippen LogP contribution in [0.25, 0.3) is 0 Å². The number of aromatic hydroxyl groups is 1. The van der Waals surface area contributed by atoms with Gasteiger partial charge in [0.1, 0.15) is 17.4 Å². The van der Waals surface area contributed by atoms with Crippen LogP contribution in [0, 0.1) is 34.5 Å². The molecule has 0 spiro atoms. The summed E-state index contributed by atoms with van der Waals surface area (Å²) in [5.74, 6) is 2.83. The van der Waals surface area contributed by atoms with Crippen LogP contribution in [0.5, 0.6) is 11.5 Å². The molecule has 0 saturated heterocycles. The van der Waals surface area contributed by atoms with Crippen molar-refractivity contribution in [3.05, 3.63) is 58.7 Å². The first-order valence-electron chi connectivity index (χ1n) is 18.3. The van der Waals surface area contributed by atoms with Crippen LogP contribution in [0.3, 0.4) is 0 Å². The number of phenolic OH excluding ortho intramolecular Hbond substituents is 1. The molecule has 0 heterocycles. The van der Waals surface area contributed by atoms with E-state index in [0.717, 1.165) is 57.3 Å². The number of hydrogen-bond acceptors (Lipinski definition) is 6. The van der Waals surface area contributed by atoms with Gasteiger partial charge in [-0.2, -0.15) is 0 Å². The predicted octanol–water partition coefficient (Wildman–Crippen LogP) is 7.29. The molecule has 8 nitrogen and oxygen atoms in total. The number of carboxylic acids is 2. The Kier molecular flexibility index (Phi) is 10.6. The van der Waals surface area contributed by atoms with E-state index in [0.29, 0.717) is 41.1 Å². The van der Waals surface area contributed by atoms with Gasteiger partial charge < -0.3 is 30.3 Å². The first-order chi connectivity index (χ1) is 23.4. The van der Waals surface area contributed by atoms with Crippen molar-refractivity contribution < 1.29 is 39.9 Å². The number of aliphatic carboxylic acids is 2. The summed E-state index contributed by atoms with van der Waals surface area (Å²) in [6.45, 7) is 4.32. The van der Waals surface area contributed by atoms with E-state index in [4.69, 9.17) is 26.6 Å². The number of hydrogen-bond donors (Lipinski definition) is 5. The van der Waals surface area contributed by atoms with E-state index in [-0.39, 0.29) is 35.5 Å². The van der Waals surface area contributed by atoms with Crippen LogP contribution in [0.1, 0.15) is 112 Å². The summed E-state index contributed by atoms with van der Waals surface area (Å²) in [6, 6.07) is 12.1. The van der Waals surface area contributed by atoms with Gasteiger partial charge in [0.2, 0.25) is 0 Å². The maximum absolute atomic E-state index is 10.7. The van der Waals surface area contributed by atoms with Gasteiger partial charge in [-0.3, -0.25) is 4.79 Å². The Bertz CT molecular complexity index is 1530. The van der Waals surface area contributed by atoms with Crippen LogP contribution >= 0.6 is 11.6 Å². The van der Waals surface area contributed by atoms with Gasteiger partial charge >= 0.3 is 11.9 Å². The molecule has 2 aromatic carbocycles. The van der Waals surface area contributed by atoms with E-state index >= 15 is 0 Å². The Morgan fingerprint density at radius 3 is 1.71 bits per heavy atom. The number of aryl methyl sites for hydroxylation is 2. The molecule has 0 bridgehead atoms. The molecule has 4 fully saturated rings. The average molecular weight is 697 g/mol. The van der Waals surface area contributed by atoms with Crippen LogP contribution < -0.4 is 4.74 Å². The molecule has 0 radical (unpaired) electrons. The van der Waals surface area contributed by atoms with Gasteiger partial charge in [-0.05, 0) is 170 Å². The monoisotopic (exact) mass is 696 g/mol. The second-order valence-electron chi connectivity index (χ2n) is 16.1. The lowest BCUT2D eigenvalue weighted by Gasteiger charge is -2.50. The van der Waals surface area contributed by atoms with Crippen molar-refractivity contribution in [3.63, 3.8) is 0 Å². The fourth-order valence-corrected chi connectivity index (χ4v) is 11.3. The molecule has 8 rings (SSSR count). The molecule has 49 heavy (non-hydrogen) atoms. The van der Waals surface area contributed by atoms with Crippen molar-refractivity contribution in [1.29, 1.82) is 0 Å². The minimum atomic E-state index is -0.980. The predicted molar refractivity (Wildman–Crippen MR) is 187 cm³/mol. The second kappa shape index (κ2) is 14.4. The largest absolute Gasteiger partial charge is 0.508 e. The third-order valence-electron chi connectivity index (χ3n) is 13.8. The molecule has 0 aromatic heterocycles. The van der Waals surface area contributed by atoms with E-state index in [1.54, 1.807) is 0 Å². The van der Waals surface area contributed by atoms with Gasteiger partial charge in [0.05, 0.1) is 12.2 Å². The number of halogens is 1. The van der Waals surface area contributed by atoms with Crippen LogP contribution in [0.15, 0.2) is 36.4 Å². The highest BCUT2D eigenvalue weighted by molar-refractivity contribution is 6.26. The fraction of sp³-hybridized carbons (Fsp3) is 0.650. The van der Waals surface area contributed by atoms with Crippen LogP contribution in [-0.2, 0) is 22.4 Å². The Morgan fingerprint density at radius 2 is 1.22 bits per heavy atom. The fourth-order valence-electron chi connectivity index (χ4n) is 11.3. The summed E-state index contributed by atoms with van der Waals surface area (Å²) in [5, 5.41) is 46.8. The number of carbonyl (C=O) groups is 2. The molecule has 9 heteroatoms. The first kappa shape index (κ1) is 36.0. The summed E-state index contributed by atoms with van der Waals surface area (Å²) in [4.78, 5) is 19.9. The highest BCUT2D eigenvalue weighted by Crippen LogP contribution is 2.62. The van der Waals surface area contributed by atoms with Gasteiger partial charge in [-0.25, -0.2) is 4.79 Å². The van der Waals surface area contributed by atoms with Crippen molar-refractivity contribution in [2.24, 2.45) is 34.5 Å². The lowest BCUT2D eigenvalue weighted by molar-refractivity contribution is -0.139. The SMILES string of the molecule is C[C@]12CCC3c4ccc(O)cc4CCC3C1CC[C@@H]2O.C[C@]12CCC3c4ccc(OCC(=O)O)cc4CCC3C1CC[C@@H]2O.O=C(O)CCl. The zero-order valence-corrected chi connectivity index (χ0v) is 29.6. The minimum Gasteiger partial charge on any atom is -0.508 e. The highest BCUT2D eigenvalue weighted by atomic mass is 35.5. The standard InChI is InChI=1S/C20H26O4.C18H24O2.C2H3ClO2/c1-20-9-8-15-14-5-3-13(24-11-19(22)23)10-12(14)2-4-16(15)17(20)6-7-18(20)21;1-18-9-8-14-13-5-3-12(19)10-11(13)2-4-15(14)16(18)6-7-17(18)20;3-1-2(4)5/h3,5,10,15-18,21H,2,4,6-9,11H2,1H3,(H,22,23);3,5,10,14-17,19-20H,2,4,6-9H2,1H3;1H2,(H,4,5)/t15?,16?,17?,18-,20-;14?,15?,16?,17-,18-;/m00./s1. The molecule has 10 atom stereocenters. The first-order valence-corrected chi connectivity index (χ1v) is 18.8. The minimum absolute atomic E-state index is 0.0883. The third kappa shape index (κ3) is 6.94. The van der Waals surface area contributed by atoms with Gasteiger partial charge in [0.15, 0.2) is 6.61 Å². The molecule has 4 saturated carbocycles. The number of alkyl halides is 1. The van der Waals surface area contributed by atoms with Crippen molar-refractivity contribution in [2.75, 3.05) is 12.5 Å².